The second kappa shape index (κ2) is 6.02. The fraction of sp³-hybridized carbons (Fsp3) is 0.167. The van der Waals surface area contributed by atoms with E-state index in [0.717, 1.165) is 28.4 Å². The maximum Gasteiger partial charge on any atom is 0.131 e. The van der Waals surface area contributed by atoms with E-state index < -0.39 is 0 Å². The van der Waals surface area contributed by atoms with E-state index in [4.69, 9.17) is 0 Å². The summed E-state index contributed by atoms with van der Waals surface area (Å²) in [4.78, 5) is 4.22. The molecule has 1 aromatic heterocycles. The Hall–Kier alpha value is -2.26. The number of benzene rings is 2. The van der Waals surface area contributed by atoms with E-state index in [-0.39, 0.29) is 5.82 Å². The fourth-order valence-electron chi connectivity index (χ4n) is 2.49. The number of aromatic nitrogens is 1. The lowest BCUT2D eigenvalue weighted by Gasteiger charge is -2.09. The third-order valence-corrected chi connectivity index (χ3v) is 3.57. The number of fused-ring (bicyclic) bond motifs is 1. The lowest BCUT2D eigenvalue weighted by molar-refractivity contribution is 0.625. The highest BCUT2D eigenvalue weighted by Crippen LogP contribution is 2.29. The number of nitrogens with one attached hydrogen (secondary N) is 1. The van der Waals surface area contributed by atoms with Gasteiger partial charge in [0.15, 0.2) is 0 Å². The molecule has 0 saturated heterocycles. The first-order valence-corrected chi connectivity index (χ1v) is 7.12. The average molecular weight is 280 g/mol. The fourth-order valence-corrected chi connectivity index (χ4v) is 2.49. The third kappa shape index (κ3) is 2.78. The zero-order chi connectivity index (χ0) is 14.7. The maximum atomic E-state index is 14.4. The molecule has 21 heavy (non-hydrogen) atoms. The van der Waals surface area contributed by atoms with Crippen molar-refractivity contribution >= 4 is 10.8 Å². The Labute approximate surface area is 123 Å². The third-order valence-electron chi connectivity index (χ3n) is 3.57. The molecule has 0 saturated carbocycles. The zero-order valence-electron chi connectivity index (χ0n) is 11.9. The summed E-state index contributed by atoms with van der Waals surface area (Å²) in [6.07, 6.45) is 3.53. The molecule has 2 aromatic carbocycles. The van der Waals surface area contributed by atoms with Gasteiger partial charge in [0.2, 0.25) is 0 Å². The van der Waals surface area contributed by atoms with Gasteiger partial charge in [-0.15, -0.1) is 0 Å². The van der Waals surface area contributed by atoms with Crippen molar-refractivity contribution in [2.24, 2.45) is 0 Å². The van der Waals surface area contributed by atoms with Crippen LogP contribution in [-0.2, 0) is 6.54 Å². The van der Waals surface area contributed by atoms with Gasteiger partial charge in [0.05, 0.1) is 0 Å². The van der Waals surface area contributed by atoms with Gasteiger partial charge in [-0.2, -0.15) is 0 Å². The molecule has 0 aliphatic heterocycles. The van der Waals surface area contributed by atoms with Crippen LogP contribution in [0.25, 0.3) is 21.9 Å². The summed E-state index contributed by atoms with van der Waals surface area (Å²) >= 11 is 0. The van der Waals surface area contributed by atoms with Crippen LogP contribution in [0.4, 0.5) is 4.39 Å². The van der Waals surface area contributed by atoms with E-state index in [1.165, 1.54) is 0 Å². The lowest BCUT2D eigenvalue weighted by Crippen LogP contribution is -2.11. The zero-order valence-corrected chi connectivity index (χ0v) is 11.9. The van der Waals surface area contributed by atoms with Crippen molar-refractivity contribution < 1.29 is 4.39 Å². The Balaban J connectivity index is 2.06. The van der Waals surface area contributed by atoms with Crippen molar-refractivity contribution in [3.63, 3.8) is 0 Å². The standard InChI is InChI=1S/C18H17FN2/c1-2-20-10-13-7-8-16(18(19)9-13)17-12-21-11-14-5-3-4-6-15(14)17/h3-9,11-12,20H,2,10H2,1H3. The van der Waals surface area contributed by atoms with Crippen LogP contribution in [0.1, 0.15) is 12.5 Å². The SMILES string of the molecule is CCNCc1ccc(-c2cncc3ccccc23)c(F)c1. The first-order valence-electron chi connectivity index (χ1n) is 7.12. The first-order chi connectivity index (χ1) is 10.3. The molecule has 0 amide bonds. The summed E-state index contributed by atoms with van der Waals surface area (Å²) in [7, 11) is 0. The monoisotopic (exact) mass is 280 g/mol. The van der Waals surface area contributed by atoms with Crippen LogP contribution in [0.2, 0.25) is 0 Å². The van der Waals surface area contributed by atoms with E-state index in [9.17, 15) is 4.39 Å². The average Bonchev–Trinajstić information content (AvgIpc) is 2.53. The van der Waals surface area contributed by atoms with Gasteiger partial charge in [-0.3, -0.25) is 4.98 Å². The molecule has 106 valence electrons. The van der Waals surface area contributed by atoms with Gasteiger partial charge in [0.25, 0.3) is 0 Å². The number of rotatable bonds is 4. The van der Waals surface area contributed by atoms with Crippen LogP contribution < -0.4 is 5.32 Å². The van der Waals surface area contributed by atoms with Gasteiger partial charge in [-0.1, -0.05) is 43.3 Å². The number of halogens is 1. The van der Waals surface area contributed by atoms with E-state index in [2.05, 4.69) is 10.3 Å². The quantitative estimate of drug-likeness (QED) is 0.776. The van der Waals surface area contributed by atoms with Crippen LogP contribution in [0, 0.1) is 5.82 Å². The molecule has 0 spiro atoms. The highest BCUT2D eigenvalue weighted by Gasteiger charge is 2.09. The summed E-state index contributed by atoms with van der Waals surface area (Å²) in [6.45, 7) is 3.59. The Morgan fingerprint density at radius 2 is 1.90 bits per heavy atom. The normalized spacial score (nSPS) is 11.0. The van der Waals surface area contributed by atoms with E-state index in [1.54, 1.807) is 18.5 Å². The molecule has 1 heterocycles. The van der Waals surface area contributed by atoms with Crippen LogP contribution in [0.3, 0.4) is 0 Å². The minimum atomic E-state index is -0.205. The Kier molecular flexibility index (Phi) is 3.93. The molecular formula is C18H17FN2. The lowest BCUT2D eigenvalue weighted by atomic mass is 9.99. The Morgan fingerprint density at radius 1 is 1.05 bits per heavy atom. The van der Waals surface area contributed by atoms with Crippen molar-refractivity contribution in [2.45, 2.75) is 13.5 Å². The van der Waals surface area contributed by atoms with Gasteiger partial charge >= 0.3 is 0 Å². The largest absolute Gasteiger partial charge is 0.313 e. The molecule has 3 heteroatoms. The summed E-state index contributed by atoms with van der Waals surface area (Å²) in [5.74, 6) is -0.205. The predicted octanol–water partition coefficient (Wildman–Crippen LogP) is 4.15. The van der Waals surface area contributed by atoms with Gasteiger partial charge < -0.3 is 5.32 Å². The molecule has 0 unspecified atom stereocenters. The van der Waals surface area contributed by atoms with Crippen LogP contribution in [0.5, 0.6) is 0 Å². The number of nitrogens with zero attached hydrogens (tertiary/aromatic N) is 1. The summed E-state index contributed by atoms with van der Waals surface area (Å²) < 4.78 is 14.4. The summed E-state index contributed by atoms with van der Waals surface area (Å²) in [6, 6.07) is 13.3. The maximum absolute atomic E-state index is 14.4. The second-order valence-corrected chi connectivity index (χ2v) is 5.00. The first kappa shape index (κ1) is 13.7. The molecule has 2 nitrogen and oxygen atoms in total. The second-order valence-electron chi connectivity index (χ2n) is 5.00. The van der Waals surface area contributed by atoms with Crippen molar-refractivity contribution in [3.8, 4) is 11.1 Å². The molecule has 0 bridgehead atoms. The van der Waals surface area contributed by atoms with Crippen LogP contribution in [-0.4, -0.2) is 11.5 Å². The van der Waals surface area contributed by atoms with Crippen molar-refractivity contribution in [3.05, 3.63) is 66.2 Å². The van der Waals surface area contributed by atoms with Gasteiger partial charge in [0.1, 0.15) is 5.82 Å². The topological polar surface area (TPSA) is 24.9 Å². The molecule has 0 atom stereocenters. The Morgan fingerprint density at radius 3 is 2.71 bits per heavy atom. The number of pyridine rings is 1. The Bertz CT molecular complexity index is 763. The molecule has 0 aliphatic carbocycles. The molecule has 3 aromatic rings. The smallest absolute Gasteiger partial charge is 0.131 e. The minimum absolute atomic E-state index is 0.205. The van der Waals surface area contributed by atoms with Crippen molar-refractivity contribution in [1.82, 2.24) is 10.3 Å². The van der Waals surface area contributed by atoms with Gasteiger partial charge in [-0.05, 0) is 23.6 Å². The van der Waals surface area contributed by atoms with E-state index in [0.29, 0.717) is 12.1 Å². The van der Waals surface area contributed by atoms with Crippen LogP contribution in [0.15, 0.2) is 54.9 Å². The van der Waals surface area contributed by atoms with E-state index in [1.807, 2.05) is 43.3 Å². The molecule has 3 rings (SSSR count). The van der Waals surface area contributed by atoms with Gasteiger partial charge in [0, 0.05) is 35.5 Å². The molecule has 1 N–H and O–H groups in total. The van der Waals surface area contributed by atoms with E-state index >= 15 is 0 Å². The highest BCUT2D eigenvalue weighted by atomic mass is 19.1. The predicted molar refractivity (Wildman–Crippen MR) is 84.5 cm³/mol. The minimum Gasteiger partial charge on any atom is -0.313 e. The van der Waals surface area contributed by atoms with Crippen molar-refractivity contribution in [1.29, 1.82) is 0 Å². The van der Waals surface area contributed by atoms with Crippen molar-refractivity contribution in [2.75, 3.05) is 6.54 Å². The summed E-state index contributed by atoms with van der Waals surface area (Å²) in [5, 5.41) is 5.24. The molecule has 0 radical (unpaired) electrons. The number of hydrogen-bond donors (Lipinski definition) is 1. The van der Waals surface area contributed by atoms with Gasteiger partial charge in [-0.25, -0.2) is 4.39 Å². The molecule has 0 aliphatic rings. The molecular weight excluding hydrogens is 263 g/mol. The van der Waals surface area contributed by atoms with Crippen LogP contribution >= 0.6 is 0 Å². The number of hydrogen-bond acceptors (Lipinski definition) is 2. The summed E-state index contributed by atoms with van der Waals surface area (Å²) in [5.41, 5.74) is 2.38. The highest BCUT2D eigenvalue weighted by molar-refractivity contribution is 5.95. The molecule has 0 fully saturated rings.